The lowest BCUT2D eigenvalue weighted by Gasteiger charge is -2.50. The van der Waals surface area contributed by atoms with E-state index < -0.39 is 0 Å². The molecule has 2 fully saturated rings. The van der Waals surface area contributed by atoms with Gasteiger partial charge in [0.1, 0.15) is 0 Å². The summed E-state index contributed by atoms with van der Waals surface area (Å²) in [6, 6.07) is 0.589. The summed E-state index contributed by atoms with van der Waals surface area (Å²) in [4.78, 5) is 5.15. The van der Waals surface area contributed by atoms with Crippen LogP contribution >= 0.6 is 0 Å². The molecule has 4 heteroatoms. The van der Waals surface area contributed by atoms with E-state index in [9.17, 15) is 0 Å². The van der Waals surface area contributed by atoms with Crippen LogP contribution in [0.15, 0.2) is 0 Å². The first kappa shape index (κ1) is 15.2. The van der Waals surface area contributed by atoms with Gasteiger partial charge in [0, 0.05) is 38.3 Å². The molecule has 2 rings (SSSR count). The van der Waals surface area contributed by atoms with Crippen molar-refractivity contribution in [1.29, 1.82) is 0 Å². The molecule has 112 valence electrons. The largest absolute Gasteiger partial charge is 0.381 e. The minimum atomic E-state index is 0.170. The minimum absolute atomic E-state index is 0.170. The highest BCUT2D eigenvalue weighted by molar-refractivity contribution is 4.99. The topological polar surface area (TPSA) is 41.7 Å². The Morgan fingerprint density at radius 2 is 2.11 bits per heavy atom. The van der Waals surface area contributed by atoms with Crippen molar-refractivity contribution >= 4 is 0 Å². The maximum absolute atomic E-state index is 6.22. The molecular weight excluding hydrogens is 238 g/mol. The monoisotopic (exact) mass is 269 g/mol. The third-order valence-corrected chi connectivity index (χ3v) is 5.15. The number of hydrogen-bond acceptors (Lipinski definition) is 4. The van der Waals surface area contributed by atoms with E-state index in [2.05, 4.69) is 23.8 Å². The fourth-order valence-corrected chi connectivity index (χ4v) is 4.13. The van der Waals surface area contributed by atoms with Crippen LogP contribution in [-0.2, 0) is 4.74 Å². The number of hydrogen-bond donors (Lipinski definition) is 1. The zero-order chi connectivity index (χ0) is 13.9. The molecule has 4 nitrogen and oxygen atoms in total. The van der Waals surface area contributed by atoms with Gasteiger partial charge in [-0.2, -0.15) is 0 Å². The lowest BCUT2D eigenvalue weighted by molar-refractivity contribution is -0.0360. The highest BCUT2D eigenvalue weighted by atomic mass is 16.5. The summed E-state index contributed by atoms with van der Waals surface area (Å²) < 4.78 is 5.63. The number of ether oxygens (including phenoxy) is 1. The first-order valence-corrected chi connectivity index (χ1v) is 7.79. The molecule has 0 aromatic rings. The molecule has 1 saturated heterocycles. The zero-order valence-corrected chi connectivity index (χ0v) is 12.9. The van der Waals surface area contributed by atoms with Gasteiger partial charge in [0.25, 0.3) is 0 Å². The van der Waals surface area contributed by atoms with E-state index in [1.807, 2.05) is 7.11 Å². The molecule has 3 atom stereocenters. The molecule has 19 heavy (non-hydrogen) atoms. The molecule has 1 saturated carbocycles. The number of nitrogens with two attached hydrogens (primary N) is 1. The SMILES string of the molecule is COC1CCCC(CN)(N2CCCN(C)CC2C)C1. The molecule has 0 aromatic carbocycles. The first-order valence-electron chi connectivity index (χ1n) is 7.79. The zero-order valence-electron chi connectivity index (χ0n) is 12.9. The molecule has 0 aromatic heterocycles. The summed E-state index contributed by atoms with van der Waals surface area (Å²) in [7, 11) is 4.07. The Bertz CT molecular complexity index is 287. The van der Waals surface area contributed by atoms with Crippen molar-refractivity contribution in [2.24, 2.45) is 5.73 Å². The van der Waals surface area contributed by atoms with Crippen molar-refractivity contribution in [3.05, 3.63) is 0 Å². The molecular formula is C15H31N3O. The average Bonchev–Trinajstić information content (AvgIpc) is 2.59. The number of rotatable bonds is 3. The number of methoxy groups -OCH3 is 1. The van der Waals surface area contributed by atoms with Crippen LogP contribution in [0.2, 0.25) is 0 Å². The van der Waals surface area contributed by atoms with Gasteiger partial charge < -0.3 is 15.4 Å². The fraction of sp³-hybridized carbons (Fsp3) is 1.00. The van der Waals surface area contributed by atoms with Gasteiger partial charge in [-0.05, 0) is 52.6 Å². The molecule has 2 N–H and O–H groups in total. The Hall–Kier alpha value is -0.160. The normalized spacial score (nSPS) is 39.2. The Balaban J connectivity index is 2.14. The maximum atomic E-state index is 6.22. The van der Waals surface area contributed by atoms with Crippen LogP contribution in [0.4, 0.5) is 0 Å². The van der Waals surface area contributed by atoms with Gasteiger partial charge in [-0.15, -0.1) is 0 Å². The molecule has 0 spiro atoms. The van der Waals surface area contributed by atoms with E-state index in [0.29, 0.717) is 12.1 Å². The second-order valence-electron chi connectivity index (χ2n) is 6.54. The molecule has 3 unspecified atom stereocenters. The van der Waals surface area contributed by atoms with Gasteiger partial charge >= 0.3 is 0 Å². The summed E-state index contributed by atoms with van der Waals surface area (Å²) in [5, 5.41) is 0. The highest BCUT2D eigenvalue weighted by Gasteiger charge is 2.42. The fourth-order valence-electron chi connectivity index (χ4n) is 4.13. The van der Waals surface area contributed by atoms with E-state index in [4.69, 9.17) is 10.5 Å². The van der Waals surface area contributed by atoms with E-state index in [0.717, 1.165) is 19.5 Å². The predicted octanol–water partition coefficient (Wildman–Crippen LogP) is 1.30. The lowest BCUT2D eigenvalue weighted by atomic mass is 9.78. The van der Waals surface area contributed by atoms with Gasteiger partial charge in [0.2, 0.25) is 0 Å². The average molecular weight is 269 g/mol. The quantitative estimate of drug-likeness (QED) is 0.838. The second kappa shape index (κ2) is 6.53. The highest BCUT2D eigenvalue weighted by Crippen LogP contribution is 2.36. The van der Waals surface area contributed by atoms with Crippen LogP contribution in [0.1, 0.15) is 39.0 Å². The summed E-state index contributed by atoms with van der Waals surface area (Å²) in [6.45, 7) is 6.66. The molecule has 1 heterocycles. The van der Waals surface area contributed by atoms with Crippen molar-refractivity contribution in [2.75, 3.05) is 40.3 Å². The molecule has 1 aliphatic carbocycles. The van der Waals surface area contributed by atoms with Crippen LogP contribution < -0.4 is 5.73 Å². The predicted molar refractivity (Wildman–Crippen MR) is 79.3 cm³/mol. The Kier molecular flexibility index (Phi) is 5.23. The van der Waals surface area contributed by atoms with Gasteiger partial charge in [-0.1, -0.05) is 0 Å². The van der Waals surface area contributed by atoms with Crippen molar-refractivity contribution in [3.8, 4) is 0 Å². The summed E-state index contributed by atoms with van der Waals surface area (Å²) in [6.07, 6.45) is 6.42. The third kappa shape index (κ3) is 3.30. The van der Waals surface area contributed by atoms with Crippen molar-refractivity contribution in [2.45, 2.75) is 56.7 Å². The van der Waals surface area contributed by atoms with Gasteiger partial charge in [0.05, 0.1) is 6.10 Å². The Morgan fingerprint density at radius 1 is 1.32 bits per heavy atom. The third-order valence-electron chi connectivity index (χ3n) is 5.15. The first-order chi connectivity index (χ1) is 9.11. The van der Waals surface area contributed by atoms with Crippen molar-refractivity contribution in [3.63, 3.8) is 0 Å². The van der Waals surface area contributed by atoms with Crippen LogP contribution in [-0.4, -0.2) is 67.8 Å². The Morgan fingerprint density at radius 3 is 2.79 bits per heavy atom. The summed E-state index contributed by atoms with van der Waals surface area (Å²) in [5.74, 6) is 0. The Labute approximate surface area is 118 Å². The molecule has 0 radical (unpaired) electrons. The van der Waals surface area contributed by atoms with Crippen molar-refractivity contribution < 1.29 is 4.74 Å². The summed E-state index contributed by atoms with van der Waals surface area (Å²) in [5.41, 5.74) is 6.39. The van der Waals surface area contributed by atoms with E-state index in [1.165, 1.54) is 38.8 Å². The molecule has 2 aliphatic rings. The van der Waals surface area contributed by atoms with Gasteiger partial charge in [-0.3, -0.25) is 4.90 Å². The molecule has 1 aliphatic heterocycles. The lowest BCUT2D eigenvalue weighted by Crippen LogP contribution is -2.61. The number of nitrogens with zero attached hydrogens (tertiary/aromatic N) is 2. The van der Waals surface area contributed by atoms with E-state index in [1.54, 1.807) is 0 Å². The smallest absolute Gasteiger partial charge is 0.0589 e. The van der Waals surface area contributed by atoms with Crippen LogP contribution in [0.25, 0.3) is 0 Å². The maximum Gasteiger partial charge on any atom is 0.0589 e. The van der Waals surface area contributed by atoms with E-state index in [-0.39, 0.29) is 5.54 Å². The summed E-state index contributed by atoms with van der Waals surface area (Å²) >= 11 is 0. The van der Waals surface area contributed by atoms with Crippen LogP contribution in [0, 0.1) is 0 Å². The van der Waals surface area contributed by atoms with E-state index >= 15 is 0 Å². The van der Waals surface area contributed by atoms with Crippen molar-refractivity contribution in [1.82, 2.24) is 9.80 Å². The van der Waals surface area contributed by atoms with Crippen LogP contribution in [0.3, 0.4) is 0 Å². The minimum Gasteiger partial charge on any atom is -0.381 e. The van der Waals surface area contributed by atoms with Gasteiger partial charge in [0.15, 0.2) is 0 Å². The second-order valence-corrected chi connectivity index (χ2v) is 6.54. The molecule has 0 amide bonds. The number of likely N-dealkylation sites (N-methyl/N-ethyl adjacent to an activating group) is 1. The van der Waals surface area contributed by atoms with Gasteiger partial charge in [-0.25, -0.2) is 0 Å². The van der Waals surface area contributed by atoms with Crippen LogP contribution in [0.5, 0.6) is 0 Å². The standard InChI is InChI=1S/C15H31N3O/c1-13-11-17(2)8-5-9-18(13)15(12-16)7-4-6-14(10-15)19-3/h13-14H,4-12,16H2,1-3H3. The molecule has 0 bridgehead atoms.